The molecule has 3 aliphatic rings. The van der Waals surface area contributed by atoms with E-state index in [-0.39, 0.29) is 24.0 Å². The van der Waals surface area contributed by atoms with E-state index in [0.717, 1.165) is 64.5 Å². The Labute approximate surface area is 144 Å². The van der Waals surface area contributed by atoms with E-state index in [4.69, 9.17) is 0 Å². The molecule has 2 amide bonds. The summed E-state index contributed by atoms with van der Waals surface area (Å²) in [6, 6.07) is 0.265. The minimum Gasteiger partial charge on any atom is -0.391 e. The lowest BCUT2D eigenvalue weighted by atomic mass is 9.80. The molecule has 3 fully saturated rings. The van der Waals surface area contributed by atoms with Gasteiger partial charge in [-0.3, -0.25) is 14.5 Å². The van der Waals surface area contributed by atoms with E-state index >= 15 is 0 Å². The first-order chi connectivity index (χ1) is 11.5. The third-order valence-corrected chi connectivity index (χ3v) is 6.05. The third-order valence-electron chi connectivity index (χ3n) is 6.05. The van der Waals surface area contributed by atoms with Gasteiger partial charge in [-0.25, -0.2) is 0 Å². The minimum atomic E-state index is -0.681. The number of hydrogen-bond acceptors (Lipinski definition) is 4. The first-order valence-corrected chi connectivity index (χ1v) is 9.52. The first kappa shape index (κ1) is 17.7. The van der Waals surface area contributed by atoms with E-state index in [1.807, 2.05) is 4.90 Å². The maximum absolute atomic E-state index is 13.1. The van der Waals surface area contributed by atoms with Gasteiger partial charge in [0, 0.05) is 39.1 Å². The predicted molar refractivity (Wildman–Crippen MR) is 91.4 cm³/mol. The van der Waals surface area contributed by atoms with Crippen molar-refractivity contribution in [1.29, 1.82) is 0 Å². The van der Waals surface area contributed by atoms with Crippen molar-refractivity contribution >= 4 is 11.8 Å². The zero-order valence-electron chi connectivity index (χ0n) is 14.8. The second kappa shape index (κ2) is 7.40. The van der Waals surface area contributed by atoms with Gasteiger partial charge in [-0.05, 0) is 32.1 Å². The van der Waals surface area contributed by atoms with Gasteiger partial charge >= 0.3 is 0 Å². The van der Waals surface area contributed by atoms with Crippen molar-refractivity contribution in [3.8, 4) is 0 Å². The number of carbonyl (C=O) groups excluding carboxylic acids is 2. The van der Waals surface area contributed by atoms with Crippen LogP contribution in [0.25, 0.3) is 0 Å². The fourth-order valence-electron chi connectivity index (χ4n) is 4.79. The number of hydrogen-bond donors (Lipinski definition) is 2. The Morgan fingerprint density at radius 2 is 1.67 bits per heavy atom. The average Bonchev–Trinajstić information content (AvgIpc) is 3.00. The molecule has 0 aromatic rings. The van der Waals surface area contributed by atoms with E-state index in [1.165, 1.54) is 6.92 Å². The number of piperazine rings is 1. The number of nitrogens with zero attached hydrogens (tertiary/aromatic N) is 2. The minimum absolute atomic E-state index is 0.101. The molecular formula is C18H31N3O3. The predicted octanol–water partition coefficient (Wildman–Crippen LogP) is 0.883. The molecule has 2 saturated carbocycles. The molecule has 24 heavy (non-hydrogen) atoms. The van der Waals surface area contributed by atoms with Gasteiger partial charge in [-0.1, -0.05) is 19.3 Å². The van der Waals surface area contributed by atoms with Crippen molar-refractivity contribution in [1.82, 2.24) is 15.1 Å². The topological polar surface area (TPSA) is 72.9 Å². The second-order valence-corrected chi connectivity index (χ2v) is 7.72. The van der Waals surface area contributed by atoms with Gasteiger partial charge in [0.1, 0.15) is 5.54 Å². The number of aliphatic hydroxyl groups excluding tert-OH is 1. The summed E-state index contributed by atoms with van der Waals surface area (Å²) in [6.07, 6.45) is 7.50. The summed E-state index contributed by atoms with van der Waals surface area (Å²) in [4.78, 5) is 29.1. The van der Waals surface area contributed by atoms with Gasteiger partial charge in [-0.15, -0.1) is 0 Å². The number of amides is 2. The second-order valence-electron chi connectivity index (χ2n) is 7.72. The van der Waals surface area contributed by atoms with Crippen LogP contribution in [-0.2, 0) is 9.59 Å². The molecule has 6 heteroatoms. The summed E-state index contributed by atoms with van der Waals surface area (Å²) in [5, 5.41) is 13.1. The Hall–Kier alpha value is -1.14. The van der Waals surface area contributed by atoms with E-state index in [9.17, 15) is 14.7 Å². The lowest BCUT2D eigenvalue weighted by molar-refractivity contribution is -0.145. The van der Waals surface area contributed by atoms with Crippen molar-refractivity contribution in [2.24, 2.45) is 0 Å². The van der Waals surface area contributed by atoms with Crippen molar-refractivity contribution in [3.05, 3.63) is 0 Å². The van der Waals surface area contributed by atoms with Gasteiger partial charge in [0.2, 0.25) is 11.8 Å². The molecule has 0 bridgehead atoms. The van der Waals surface area contributed by atoms with E-state index in [2.05, 4.69) is 10.2 Å². The third kappa shape index (κ3) is 3.59. The largest absolute Gasteiger partial charge is 0.391 e. The Bertz CT molecular complexity index is 468. The zero-order valence-corrected chi connectivity index (χ0v) is 14.8. The molecule has 0 aromatic carbocycles. The highest BCUT2D eigenvalue weighted by molar-refractivity contribution is 5.91. The monoisotopic (exact) mass is 337 g/mol. The van der Waals surface area contributed by atoms with E-state index in [1.54, 1.807) is 0 Å². The number of aliphatic hydroxyl groups is 1. The van der Waals surface area contributed by atoms with E-state index in [0.29, 0.717) is 13.1 Å². The zero-order chi connectivity index (χ0) is 17.2. The van der Waals surface area contributed by atoms with Gasteiger partial charge in [0.05, 0.1) is 6.10 Å². The van der Waals surface area contributed by atoms with Crippen LogP contribution in [0.15, 0.2) is 0 Å². The highest BCUT2D eigenvalue weighted by Crippen LogP contribution is 2.31. The quantitative estimate of drug-likeness (QED) is 0.802. The summed E-state index contributed by atoms with van der Waals surface area (Å²) < 4.78 is 0. The van der Waals surface area contributed by atoms with Crippen LogP contribution in [0.1, 0.15) is 58.3 Å². The Kier molecular flexibility index (Phi) is 5.45. The SMILES string of the molecule is CC(=O)NC1(C(=O)N2CCN([C@@H]3CCC[C@H]3O)CC2)CCCCC1. The lowest BCUT2D eigenvalue weighted by Crippen LogP contribution is -2.63. The normalized spacial score (nSPS) is 31.0. The summed E-state index contributed by atoms with van der Waals surface area (Å²) in [6.45, 7) is 4.54. The van der Waals surface area contributed by atoms with Crippen LogP contribution < -0.4 is 5.32 Å². The van der Waals surface area contributed by atoms with Crippen LogP contribution in [0.2, 0.25) is 0 Å². The Morgan fingerprint density at radius 3 is 2.21 bits per heavy atom. The molecule has 6 nitrogen and oxygen atoms in total. The highest BCUT2D eigenvalue weighted by Gasteiger charge is 2.44. The maximum Gasteiger partial charge on any atom is 0.248 e. The Morgan fingerprint density at radius 1 is 1.00 bits per heavy atom. The maximum atomic E-state index is 13.1. The summed E-state index contributed by atoms with van der Waals surface area (Å²) in [5.41, 5.74) is -0.681. The van der Waals surface area contributed by atoms with Gasteiger partial charge in [0.25, 0.3) is 0 Å². The molecule has 3 rings (SSSR count). The molecule has 136 valence electrons. The molecule has 2 atom stereocenters. The van der Waals surface area contributed by atoms with Gasteiger partial charge < -0.3 is 15.3 Å². The Balaban J connectivity index is 1.61. The molecule has 1 aliphatic heterocycles. The molecule has 2 N–H and O–H groups in total. The van der Waals surface area contributed by atoms with E-state index < -0.39 is 5.54 Å². The standard InChI is InChI=1S/C18H31N3O3/c1-14(22)19-18(8-3-2-4-9-18)17(24)21-12-10-20(11-13-21)15-6-5-7-16(15)23/h15-16,23H,2-13H2,1H3,(H,19,22)/t15-,16-/m1/s1. The molecule has 0 spiro atoms. The molecular weight excluding hydrogens is 306 g/mol. The number of rotatable bonds is 3. The van der Waals surface area contributed by atoms with Gasteiger partial charge in [0.15, 0.2) is 0 Å². The highest BCUT2D eigenvalue weighted by atomic mass is 16.3. The summed E-state index contributed by atoms with van der Waals surface area (Å²) in [7, 11) is 0. The molecule has 2 aliphatic carbocycles. The van der Waals surface area contributed by atoms with Crippen LogP contribution in [0.3, 0.4) is 0 Å². The van der Waals surface area contributed by atoms with Crippen molar-refractivity contribution < 1.29 is 14.7 Å². The van der Waals surface area contributed by atoms with Crippen molar-refractivity contribution in [2.45, 2.75) is 76.0 Å². The molecule has 0 aromatic heterocycles. The number of nitrogens with one attached hydrogen (secondary N) is 1. The van der Waals surface area contributed by atoms with Crippen LogP contribution >= 0.6 is 0 Å². The first-order valence-electron chi connectivity index (χ1n) is 9.52. The van der Waals surface area contributed by atoms with Crippen LogP contribution in [0, 0.1) is 0 Å². The van der Waals surface area contributed by atoms with Crippen LogP contribution in [0.4, 0.5) is 0 Å². The summed E-state index contributed by atoms with van der Waals surface area (Å²) in [5.74, 6) is -0.0121. The van der Waals surface area contributed by atoms with Crippen LogP contribution in [-0.4, -0.2) is 70.6 Å². The van der Waals surface area contributed by atoms with Crippen LogP contribution in [0.5, 0.6) is 0 Å². The molecule has 1 heterocycles. The fourth-order valence-corrected chi connectivity index (χ4v) is 4.79. The van der Waals surface area contributed by atoms with Crippen molar-refractivity contribution in [2.75, 3.05) is 26.2 Å². The summed E-state index contributed by atoms with van der Waals surface area (Å²) >= 11 is 0. The fraction of sp³-hybridized carbons (Fsp3) is 0.889. The lowest BCUT2D eigenvalue weighted by Gasteiger charge is -2.44. The molecule has 1 saturated heterocycles. The molecule has 0 radical (unpaired) electrons. The number of carbonyl (C=O) groups is 2. The molecule has 0 unspecified atom stereocenters. The smallest absolute Gasteiger partial charge is 0.248 e. The van der Waals surface area contributed by atoms with Gasteiger partial charge in [-0.2, -0.15) is 0 Å². The van der Waals surface area contributed by atoms with Crippen molar-refractivity contribution in [3.63, 3.8) is 0 Å². The average molecular weight is 337 g/mol.